The van der Waals surface area contributed by atoms with E-state index in [9.17, 15) is 4.79 Å². The highest BCUT2D eigenvalue weighted by molar-refractivity contribution is 5.91. The monoisotopic (exact) mass is 502 g/mol. The lowest BCUT2D eigenvalue weighted by Gasteiger charge is -2.29. The molecular weight excluding hydrogens is 472 g/mol. The van der Waals surface area contributed by atoms with Crippen molar-refractivity contribution < 1.29 is 18.4 Å². The SMILES string of the molecule is Cc1oc(CC(C)(C)C)nc1COc1cc2c(cc1-c1nn[nH]n1)CCN(C(=O)/C=C/c1ccco1)C2. The highest BCUT2D eigenvalue weighted by Gasteiger charge is 2.24. The smallest absolute Gasteiger partial charge is 0.246 e. The highest BCUT2D eigenvalue weighted by atomic mass is 16.5. The van der Waals surface area contributed by atoms with Gasteiger partial charge in [-0.15, -0.1) is 10.2 Å². The second-order valence-corrected chi connectivity index (χ2v) is 10.3. The molecular formula is C27H30N6O4. The zero-order valence-electron chi connectivity index (χ0n) is 21.4. The number of hydrogen-bond donors (Lipinski definition) is 1. The number of carbonyl (C=O) groups excluding carboxylic acids is 1. The molecule has 0 spiro atoms. The lowest BCUT2D eigenvalue weighted by atomic mass is 9.92. The number of nitrogens with one attached hydrogen (secondary N) is 1. The Hall–Kier alpha value is -4.21. The van der Waals surface area contributed by atoms with Crippen molar-refractivity contribution in [3.63, 3.8) is 0 Å². The van der Waals surface area contributed by atoms with Gasteiger partial charge in [0, 0.05) is 25.6 Å². The fourth-order valence-electron chi connectivity index (χ4n) is 4.29. The van der Waals surface area contributed by atoms with E-state index < -0.39 is 0 Å². The highest BCUT2D eigenvalue weighted by Crippen LogP contribution is 2.34. The molecule has 10 heteroatoms. The third kappa shape index (κ3) is 5.79. The number of aromatic amines is 1. The molecule has 5 rings (SSSR count). The molecule has 0 saturated carbocycles. The normalized spacial score (nSPS) is 13.8. The molecule has 0 saturated heterocycles. The quantitative estimate of drug-likeness (QED) is 0.366. The third-order valence-electron chi connectivity index (χ3n) is 6.13. The summed E-state index contributed by atoms with van der Waals surface area (Å²) in [5.41, 5.74) is 3.68. The van der Waals surface area contributed by atoms with Crippen molar-refractivity contribution in [3.8, 4) is 17.1 Å². The molecule has 1 aromatic carbocycles. The number of oxazole rings is 1. The Balaban J connectivity index is 1.37. The maximum absolute atomic E-state index is 12.8. The summed E-state index contributed by atoms with van der Waals surface area (Å²) < 4.78 is 17.4. The van der Waals surface area contributed by atoms with E-state index in [2.05, 4.69) is 46.4 Å². The number of furan rings is 1. The second-order valence-electron chi connectivity index (χ2n) is 10.3. The lowest BCUT2D eigenvalue weighted by molar-refractivity contribution is -0.126. The maximum Gasteiger partial charge on any atom is 0.246 e. The van der Waals surface area contributed by atoms with E-state index in [-0.39, 0.29) is 17.9 Å². The first-order valence-corrected chi connectivity index (χ1v) is 12.2. The van der Waals surface area contributed by atoms with Gasteiger partial charge in [0.05, 0.1) is 11.8 Å². The summed E-state index contributed by atoms with van der Waals surface area (Å²) in [7, 11) is 0. The molecule has 1 N–H and O–H groups in total. The number of carbonyl (C=O) groups is 1. The average Bonchev–Trinajstić information content (AvgIpc) is 3.62. The van der Waals surface area contributed by atoms with Crippen molar-refractivity contribution in [1.29, 1.82) is 0 Å². The van der Waals surface area contributed by atoms with Crippen molar-refractivity contribution in [2.24, 2.45) is 5.41 Å². The summed E-state index contributed by atoms with van der Waals surface area (Å²) in [4.78, 5) is 19.3. The Morgan fingerprint density at radius 2 is 2.14 bits per heavy atom. The molecule has 37 heavy (non-hydrogen) atoms. The number of ether oxygens (including phenoxy) is 1. The van der Waals surface area contributed by atoms with E-state index in [1.165, 1.54) is 6.08 Å². The fourth-order valence-corrected chi connectivity index (χ4v) is 4.29. The fraction of sp³-hybridized carbons (Fsp3) is 0.370. The van der Waals surface area contributed by atoms with Crippen LogP contribution in [0, 0.1) is 12.3 Å². The topological polar surface area (TPSA) is 123 Å². The van der Waals surface area contributed by atoms with Crippen molar-refractivity contribution in [2.75, 3.05) is 6.54 Å². The van der Waals surface area contributed by atoms with Crippen LogP contribution in [0.2, 0.25) is 0 Å². The summed E-state index contributed by atoms with van der Waals surface area (Å²) in [6, 6.07) is 7.58. The molecule has 0 unspecified atom stereocenters. The number of nitrogens with zero attached hydrogens (tertiary/aromatic N) is 5. The number of amides is 1. The van der Waals surface area contributed by atoms with Crippen LogP contribution in [0.25, 0.3) is 17.5 Å². The van der Waals surface area contributed by atoms with Crippen LogP contribution in [0.15, 0.2) is 45.4 Å². The van der Waals surface area contributed by atoms with Crippen molar-refractivity contribution in [3.05, 3.63) is 70.8 Å². The number of hydrogen-bond acceptors (Lipinski definition) is 8. The predicted molar refractivity (Wildman–Crippen MR) is 135 cm³/mol. The number of fused-ring (bicyclic) bond motifs is 1. The molecule has 4 heterocycles. The minimum absolute atomic E-state index is 0.0656. The van der Waals surface area contributed by atoms with E-state index in [1.54, 1.807) is 29.4 Å². The summed E-state index contributed by atoms with van der Waals surface area (Å²) in [6.45, 7) is 9.64. The molecule has 1 amide bonds. The van der Waals surface area contributed by atoms with Gasteiger partial charge in [0.2, 0.25) is 11.7 Å². The number of H-pyrrole nitrogens is 1. The largest absolute Gasteiger partial charge is 0.486 e. The molecule has 10 nitrogen and oxygen atoms in total. The van der Waals surface area contributed by atoms with Crippen LogP contribution in [0.4, 0.5) is 0 Å². The molecule has 0 atom stereocenters. The average molecular weight is 503 g/mol. The summed E-state index contributed by atoms with van der Waals surface area (Å²) in [6.07, 6.45) is 6.24. The number of aryl methyl sites for hydroxylation is 1. The van der Waals surface area contributed by atoms with Crippen LogP contribution in [-0.4, -0.2) is 43.0 Å². The Kier molecular flexibility index (Phi) is 6.64. The van der Waals surface area contributed by atoms with E-state index in [0.29, 0.717) is 42.7 Å². The number of aromatic nitrogens is 5. The molecule has 1 aliphatic heterocycles. The van der Waals surface area contributed by atoms with Crippen LogP contribution < -0.4 is 4.74 Å². The first kappa shape index (κ1) is 24.5. The van der Waals surface area contributed by atoms with Crippen LogP contribution >= 0.6 is 0 Å². The van der Waals surface area contributed by atoms with Crippen LogP contribution in [0.1, 0.15) is 55.0 Å². The van der Waals surface area contributed by atoms with E-state index in [1.807, 2.05) is 19.1 Å². The van der Waals surface area contributed by atoms with Gasteiger partial charge in [0.1, 0.15) is 29.6 Å². The Morgan fingerprint density at radius 3 is 2.86 bits per heavy atom. The summed E-state index contributed by atoms with van der Waals surface area (Å²) in [5, 5.41) is 14.5. The van der Waals surface area contributed by atoms with Crippen molar-refractivity contribution in [2.45, 2.75) is 53.7 Å². The first-order chi connectivity index (χ1) is 17.7. The number of benzene rings is 1. The Morgan fingerprint density at radius 1 is 1.27 bits per heavy atom. The molecule has 0 bridgehead atoms. The zero-order valence-corrected chi connectivity index (χ0v) is 21.4. The Labute approximate surface area is 214 Å². The van der Waals surface area contributed by atoms with Crippen LogP contribution in [-0.2, 0) is 30.8 Å². The van der Waals surface area contributed by atoms with Gasteiger partial charge in [-0.2, -0.15) is 5.21 Å². The van der Waals surface area contributed by atoms with Gasteiger partial charge in [-0.05, 0) is 65.4 Å². The van der Waals surface area contributed by atoms with E-state index in [4.69, 9.17) is 13.6 Å². The van der Waals surface area contributed by atoms with Gasteiger partial charge in [0.25, 0.3) is 0 Å². The van der Waals surface area contributed by atoms with Gasteiger partial charge in [-0.1, -0.05) is 20.8 Å². The van der Waals surface area contributed by atoms with Gasteiger partial charge in [-0.25, -0.2) is 4.98 Å². The minimum Gasteiger partial charge on any atom is -0.486 e. The molecule has 192 valence electrons. The summed E-state index contributed by atoms with van der Waals surface area (Å²) >= 11 is 0. The number of tetrazole rings is 1. The van der Waals surface area contributed by atoms with Gasteiger partial charge in [0.15, 0.2) is 5.89 Å². The van der Waals surface area contributed by atoms with Gasteiger partial charge in [-0.3, -0.25) is 4.79 Å². The molecule has 0 aliphatic carbocycles. The van der Waals surface area contributed by atoms with Crippen molar-refractivity contribution in [1.82, 2.24) is 30.5 Å². The van der Waals surface area contributed by atoms with Crippen molar-refractivity contribution >= 4 is 12.0 Å². The minimum atomic E-state index is -0.0728. The maximum atomic E-state index is 12.8. The first-order valence-electron chi connectivity index (χ1n) is 12.2. The van der Waals surface area contributed by atoms with Gasteiger partial charge >= 0.3 is 0 Å². The molecule has 0 radical (unpaired) electrons. The predicted octanol–water partition coefficient (Wildman–Crippen LogP) is 4.52. The van der Waals surface area contributed by atoms with Crippen LogP contribution in [0.5, 0.6) is 5.75 Å². The summed E-state index contributed by atoms with van der Waals surface area (Å²) in [5.74, 6) is 3.04. The van der Waals surface area contributed by atoms with E-state index >= 15 is 0 Å². The van der Waals surface area contributed by atoms with E-state index in [0.717, 1.165) is 34.6 Å². The Bertz CT molecular complexity index is 1400. The molecule has 4 aromatic rings. The number of rotatable bonds is 7. The zero-order chi connectivity index (χ0) is 26.0. The second kappa shape index (κ2) is 10.0. The molecule has 1 aliphatic rings. The standard InChI is InChI=1S/C27H30N6O4/c1-17-22(28-24(37-17)14-27(2,3)4)16-36-23-13-19-15-33(25(34)8-7-20-6-5-11-35-20)10-9-18(19)12-21(23)26-29-31-32-30-26/h5-8,11-13H,9-10,14-16H2,1-4H3,(H,29,30,31,32)/b8-7+. The molecule has 0 fully saturated rings. The van der Waals surface area contributed by atoms with Crippen LogP contribution in [0.3, 0.4) is 0 Å². The molecule has 3 aromatic heterocycles. The third-order valence-corrected chi connectivity index (χ3v) is 6.13. The lowest BCUT2D eigenvalue weighted by Crippen LogP contribution is -2.34. The van der Waals surface area contributed by atoms with Gasteiger partial charge < -0.3 is 18.5 Å².